The van der Waals surface area contributed by atoms with Crippen LogP contribution in [0.4, 0.5) is 8.78 Å². The van der Waals surface area contributed by atoms with Gasteiger partial charge in [-0.3, -0.25) is 9.78 Å². The van der Waals surface area contributed by atoms with Crippen LogP contribution in [0, 0.1) is 11.6 Å². The van der Waals surface area contributed by atoms with Crippen molar-refractivity contribution < 1.29 is 13.6 Å². The minimum absolute atomic E-state index is 0.319. The molecule has 19 heavy (non-hydrogen) atoms. The number of ketones is 1. The van der Waals surface area contributed by atoms with E-state index < -0.39 is 23.3 Å². The molecule has 0 bridgehead atoms. The summed E-state index contributed by atoms with van der Waals surface area (Å²) in [5.74, 6) is -2.85. The van der Waals surface area contributed by atoms with Gasteiger partial charge in [-0.2, -0.15) is 0 Å². The Labute approximate surface area is 114 Å². The van der Waals surface area contributed by atoms with Crippen molar-refractivity contribution in [2.75, 3.05) is 0 Å². The molecule has 0 spiro atoms. The van der Waals surface area contributed by atoms with Gasteiger partial charge in [-0.05, 0) is 31.2 Å². The van der Waals surface area contributed by atoms with Crippen LogP contribution in [0.2, 0.25) is 5.02 Å². The first-order chi connectivity index (χ1) is 9.00. The zero-order valence-electron chi connectivity index (χ0n) is 10.0. The van der Waals surface area contributed by atoms with Crippen LogP contribution in [0.15, 0.2) is 36.5 Å². The SMILES string of the molecule is CC(C(=O)c1cc(F)c(Cl)cc1F)c1ccccn1. The van der Waals surface area contributed by atoms with Crippen molar-refractivity contribution in [1.82, 2.24) is 4.98 Å². The fraction of sp³-hybridized carbons (Fsp3) is 0.143. The summed E-state index contributed by atoms with van der Waals surface area (Å²) in [4.78, 5) is 16.2. The maximum atomic E-state index is 13.7. The van der Waals surface area contributed by atoms with E-state index in [1.54, 1.807) is 25.1 Å². The van der Waals surface area contributed by atoms with Gasteiger partial charge in [0.2, 0.25) is 0 Å². The van der Waals surface area contributed by atoms with E-state index in [0.29, 0.717) is 5.69 Å². The topological polar surface area (TPSA) is 30.0 Å². The van der Waals surface area contributed by atoms with Gasteiger partial charge in [0, 0.05) is 6.20 Å². The first-order valence-electron chi connectivity index (χ1n) is 5.60. The number of aromatic nitrogens is 1. The maximum Gasteiger partial charge on any atom is 0.174 e. The number of halogens is 3. The molecule has 1 heterocycles. The van der Waals surface area contributed by atoms with Crippen molar-refractivity contribution >= 4 is 17.4 Å². The molecule has 0 saturated heterocycles. The summed E-state index contributed by atoms with van der Waals surface area (Å²) in [5, 5.41) is -0.348. The molecule has 0 radical (unpaired) electrons. The molecule has 0 aliphatic carbocycles. The number of nitrogens with zero attached hydrogens (tertiary/aromatic N) is 1. The van der Waals surface area contributed by atoms with E-state index in [4.69, 9.17) is 11.6 Å². The molecule has 1 aromatic heterocycles. The number of Topliss-reactive ketones (excluding diaryl/α,β-unsaturated/α-hetero) is 1. The molecule has 98 valence electrons. The third kappa shape index (κ3) is 2.79. The molecule has 0 aliphatic heterocycles. The molecule has 0 aliphatic rings. The minimum Gasteiger partial charge on any atom is -0.293 e. The highest BCUT2D eigenvalue weighted by Crippen LogP contribution is 2.24. The zero-order chi connectivity index (χ0) is 14.0. The Balaban J connectivity index is 2.37. The maximum absolute atomic E-state index is 13.7. The molecular formula is C14H10ClF2NO. The highest BCUT2D eigenvalue weighted by molar-refractivity contribution is 6.30. The highest BCUT2D eigenvalue weighted by atomic mass is 35.5. The van der Waals surface area contributed by atoms with Gasteiger partial charge in [0.1, 0.15) is 11.6 Å². The lowest BCUT2D eigenvalue weighted by Crippen LogP contribution is -2.13. The summed E-state index contributed by atoms with van der Waals surface area (Å²) < 4.78 is 27.0. The molecule has 1 atom stereocenters. The zero-order valence-corrected chi connectivity index (χ0v) is 10.8. The monoisotopic (exact) mass is 281 g/mol. The average molecular weight is 282 g/mol. The Hall–Kier alpha value is -1.81. The third-order valence-corrected chi connectivity index (χ3v) is 3.09. The summed E-state index contributed by atoms with van der Waals surface area (Å²) in [5.41, 5.74) is 0.183. The van der Waals surface area contributed by atoms with Crippen molar-refractivity contribution in [3.05, 3.63) is 64.4 Å². The third-order valence-electron chi connectivity index (χ3n) is 2.80. The minimum atomic E-state index is -0.834. The van der Waals surface area contributed by atoms with Crippen LogP contribution in [0.5, 0.6) is 0 Å². The lowest BCUT2D eigenvalue weighted by atomic mass is 9.95. The van der Waals surface area contributed by atoms with Crippen LogP contribution in [0.1, 0.15) is 28.9 Å². The van der Waals surface area contributed by atoms with Crippen molar-refractivity contribution in [1.29, 1.82) is 0 Å². The van der Waals surface area contributed by atoms with Crippen LogP contribution in [0.25, 0.3) is 0 Å². The molecule has 0 saturated carbocycles. The predicted octanol–water partition coefficient (Wildman–Crippen LogP) is 4.00. The number of carbonyl (C=O) groups is 1. The Morgan fingerprint density at radius 1 is 1.26 bits per heavy atom. The summed E-state index contributed by atoms with van der Waals surface area (Å²) >= 11 is 5.45. The Morgan fingerprint density at radius 3 is 2.63 bits per heavy atom. The molecule has 1 unspecified atom stereocenters. The lowest BCUT2D eigenvalue weighted by Gasteiger charge is -2.11. The normalized spacial score (nSPS) is 12.2. The number of benzene rings is 1. The number of hydrogen-bond acceptors (Lipinski definition) is 2. The van der Waals surface area contributed by atoms with Gasteiger partial charge in [0.15, 0.2) is 5.78 Å². The average Bonchev–Trinajstić information content (AvgIpc) is 2.42. The molecule has 2 aromatic rings. The van der Waals surface area contributed by atoms with Crippen molar-refractivity contribution in [2.45, 2.75) is 12.8 Å². The quantitative estimate of drug-likeness (QED) is 0.629. The fourth-order valence-corrected chi connectivity index (χ4v) is 1.86. The second-order valence-electron chi connectivity index (χ2n) is 4.09. The number of hydrogen-bond donors (Lipinski definition) is 0. The van der Waals surface area contributed by atoms with Gasteiger partial charge in [-0.25, -0.2) is 8.78 Å². The summed E-state index contributed by atoms with van der Waals surface area (Å²) in [6.45, 7) is 1.59. The molecule has 1 aromatic carbocycles. The largest absolute Gasteiger partial charge is 0.293 e. The standard InChI is InChI=1S/C14H10ClF2NO/c1-8(13-4-2-3-5-18-13)14(19)9-6-12(17)10(15)7-11(9)16/h2-8H,1H3. The fourth-order valence-electron chi connectivity index (χ4n) is 1.71. The Morgan fingerprint density at radius 2 is 2.00 bits per heavy atom. The van der Waals surface area contributed by atoms with Crippen LogP contribution in [-0.2, 0) is 0 Å². The summed E-state index contributed by atoms with van der Waals surface area (Å²) in [7, 11) is 0. The van der Waals surface area contributed by atoms with E-state index in [2.05, 4.69) is 4.98 Å². The second kappa shape index (κ2) is 5.45. The van der Waals surface area contributed by atoms with E-state index in [-0.39, 0.29) is 10.6 Å². The number of pyridine rings is 1. The van der Waals surface area contributed by atoms with Gasteiger partial charge in [-0.1, -0.05) is 17.7 Å². The molecule has 0 amide bonds. The molecule has 2 nitrogen and oxygen atoms in total. The molecule has 0 N–H and O–H groups in total. The summed E-state index contributed by atoms with van der Waals surface area (Å²) in [6.07, 6.45) is 1.54. The van der Waals surface area contributed by atoms with Gasteiger partial charge in [0.05, 0.1) is 22.2 Å². The highest BCUT2D eigenvalue weighted by Gasteiger charge is 2.22. The molecule has 5 heteroatoms. The van der Waals surface area contributed by atoms with Crippen LogP contribution < -0.4 is 0 Å². The molecule has 0 fully saturated rings. The van der Waals surface area contributed by atoms with E-state index in [9.17, 15) is 13.6 Å². The van der Waals surface area contributed by atoms with Crippen molar-refractivity contribution in [2.24, 2.45) is 0 Å². The van der Waals surface area contributed by atoms with E-state index in [0.717, 1.165) is 12.1 Å². The van der Waals surface area contributed by atoms with Crippen LogP contribution in [0.3, 0.4) is 0 Å². The van der Waals surface area contributed by atoms with Gasteiger partial charge in [-0.15, -0.1) is 0 Å². The Bertz CT molecular complexity index is 616. The van der Waals surface area contributed by atoms with E-state index in [1.165, 1.54) is 6.20 Å². The van der Waals surface area contributed by atoms with Crippen molar-refractivity contribution in [3.8, 4) is 0 Å². The summed E-state index contributed by atoms with van der Waals surface area (Å²) in [6, 6.07) is 6.72. The lowest BCUT2D eigenvalue weighted by molar-refractivity contribution is 0.0960. The first-order valence-corrected chi connectivity index (χ1v) is 5.98. The predicted molar refractivity (Wildman–Crippen MR) is 68.4 cm³/mol. The second-order valence-corrected chi connectivity index (χ2v) is 4.49. The van der Waals surface area contributed by atoms with Gasteiger partial charge >= 0.3 is 0 Å². The van der Waals surface area contributed by atoms with Crippen molar-refractivity contribution in [3.63, 3.8) is 0 Å². The Kier molecular flexibility index (Phi) is 3.90. The van der Waals surface area contributed by atoms with Crippen LogP contribution >= 0.6 is 11.6 Å². The van der Waals surface area contributed by atoms with Gasteiger partial charge < -0.3 is 0 Å². The van der Waals surface area contributed by atoms with E-state index in [1.807, 2.05) is 0 Å². The first kappa shape index (κ1) is 13.6. The molecular weight excluding hydrogens is 272 g/mol. The molecule has 2 rings (SSSR count). The van der Waals surface area contributed by atoms with Gasteiger partial charge in [0.25, 0.3) is 0 Å². The smallest absolute Gasteiger partial charge is 0.174 e. The number of carbonyl (C=O) groups excluding carboxylic acids is 1. The number of rotatable bonds is 3. The van der Waals surface area contributed by atoms with Crippen LogP contribution in [-0.4, -0.2) is 10.8 Å². The van der Waals surface area contributed by atoms with E-state index >= 15 is 0 Å².